The highest BCUT2D eigenvalue weighted by Crippen LogP contribution is 2.37. The van der Waals surface area contributed by atoms with Crippen LogP contribution in [-0.2, 0) is 6.54 Å². The highest BCUT2D eigenvalue weighted by Gasteiger charge is 2.33. The Labute approximate surface area is 105 Å². The van der Waals surface area contributed by atoms with Crippen LogP contribution >= 0.6 is 0 Å². The van der Waals surface area contributed by atoms with Gasteiger partial charge in [0.1, 0.15) is 0 Å². The normalized spacial score (nSPS) is 17.4. The van der Waals surface area contributed by atoms with E-state index in [0.717, 1.165) is 31.6 Å². The van der Waals surface area contributed by atoms with Gasteiger partial charge in [0, 0.05) is 25.7 Å². The second-order valence-electron chi connectivity index (χ2n) is 5.06. The van der Waals surface area contributed by atoms with Gasteiger partial charge >= 0.3 is 0 Å². The van der Waals surface area contributed by atoms with Gasteiger partial charge in [-0.1, -0.05) is 37.3 Å². The Hall–Kier alpha value is -0.860. The summed E-state index contributed by atoms with van der Waals surface area (Å²) in [7, 11) is 0. The maximum absolute atomic E-state index is 5.75. The third kappa shape index (κ3) is 3.55. The summed E-state index contributed by atoms with van der Waals surface area (Å²) in [6.45, 7) is 5.13. The molecule has 1 aromatic rings. The van der Waals surface area contributed by atoms with E-state index in [1.54, 1.807) is 0 Å². The molecule has 1 unspecified atom stereocenters. The van der Waals surface area contributed by atoms with Crippen molar-refractivity contribution in [1.82, 2.24) is 4.90 Å². The number of rotatable bonds is 7. The Bertz CT molecular complexity index is 319. The Morgan fingerprint density at radius 1 is 1.29 bits per heavy atom. The van der Waals surface area contributed by atoms with E-state index in [9.17, 15) is 0 Å². The molecule has 0 saturated heterocycles. The molecule has 0 heterocycles. The van der Waals surface area contributed by atoms with Gasteiger partial charge in [0.25, 0.3) is 0 Å². The van der Waals surface area contributed by atoms with E-state index in [-0.39, 0.29) is 0 Å². The minimum absolute atomic E-state index is 0.735. The zero-order valence-electron chi connectivity index (χ0n) is 10.8. The van der Waals surface area contributed by atoms with Crippen molar-refractivity contribution >= 4 is 0 Å². The molecule has 2 rings (SSSR count). The monoisotopic (exact) mass is 232 g/mol. The fourth-order valence-electron chi connectivity index (χ4n) is 2.72. The topological polar surface area (TPSA) is 29.3 Å². The first-order valence-electron chi connectivity index (χ1n) is 6.83. The standard InChI is InChI=1S/C15H24N2/c1-2-15(14-8-9-14)17(11-10-16)12-13-6-4-3-5-7-13/h3-7,14-15H,2,8-12,16H2,1H3. The molecular formula is C15H24N2. The average molecular weight is 232 g/mol. The number of nitrogens with zero attached hydrogens (tertiary/aromatic N) is 1. The van der Waals surface area contributed by atoms with E-state index < -0.39 is 0 Å². The van der Waals surface area contributed by atoms with Crippen LogP contribution in [0.1, 0.15) is 31.7 Å². The predicted octanol–water partition coefficient (Wildman–Crippen LogP) is 2.64. The molecule has 17 heavy (non-hydrogen) atoms. The Kier molecular flexibility index (Phi) is 4.57. The van der Waals surface area contributed by atoms with Gasteiger partial charge in [0.15, 0.2) is 0 Å². The van der Waals surface area contributed by atoms with Gasteiger partial charge in [0.05, 0.1) is 0 Å². The highest BCUT2D eigenvalue weighted by atomic mass is 15.2. The first-order valence-corrected chi connectivity index (χ1v) is 6.83. The van der Waals surface area contributed by atoms with Crippen LogP contribution < -0.4 is 5.73 Å². The summed E-state index contributed by atoms with van der Waals surface area (Å²) < 4.78 is 0. The van der Waals surface area contributed by atoms with Gasteiger partial charge in [-0.05, 0) is 30.7 Å². The zero-order valence-corrected chi connectivity index (χ0v) is 10.8. The van der Waals surface area contributed by atoms with Crippen molar-refractivity contribution in [2.75, 3.05) is 13.1 Å². The Morgan fingerprint density at radius 3 is 2.53 bits per heavy atom. The molecule has 1 atom stereocenters. The Balaban J connectivity index is 2.00. The lowest BCUT2D eigenvalue weighted by Gasteiger charge is -2.31. The average Bonchev–Trinajstić information content (AvgIpc) is 3.16. The molecule has 0 aliphatic heterocycles. The molecule has 1 saturated carbocycles. The van der Waals surface area contributed by atoms with E-state index in [2.05, 4.69) is 42.2 Å². The minimum atomic E-state index is 0.735. The zero-order chi connectivity index (χ0) is 12.1. The molecule has 0 amide bonds. The summed E-state index contributed by atoms with van der Waals surface area (Å²) in [5, 5.41) is 0. The van der Waals surface area contributed by atoms with E-state index in [1.165, 1.54) is 24.8 Å². The molecule has 1 aliphatic rings. The molecule has 1 aliphatic carbocycles. The second kappa shape index (κ2) is 6.18. The molecule has 0 aromatic heterocycles. The number of hydrogen-bond acceptors (Lipinski definition) is 2. The van der Waals surface area contributed by atoms with Crippen LogP contribution in [0.15, 0.2) is 30.3 Å². The summed E-state index contributed by atoms with van der Waals surface area (Å²) >= 11 is 0. The largest absolute Gasteiger partial charge is 0.329 e. The van der Waals surface area contributed by atoms with E-state index in [4.69, 9.17) is 5.73 Å². The van der Waals surface area contributed by atoms with Crippen LogP contribution in [0.4, 0.5) is 0 Å². The SMILES string of the molecule is CCC(C1CC1)N(CCN)Cc1ccccc1. The molecule has 0 bridgehead atoms. The van der Waals surface area contributed by atoms with Crippen molar-refractivity contribution < 1.29 is 0 Å². The second-order valence-corrected chi connectivity index (χ2v) is 5.06. The lowest BCUT2D eigenvalue weighted by molar-refractivity contribution is 0.167. The molecule has 1 aromatic carbocycles. The molecule has 94 valence electrons. The third-order valence-electron chi connectivity index (χ3n) is 3.70. The number of benzene rings is 1. The minimum Gasteiger partial charge on any atom is -0.329 e. The molecular weight excluding hydrogens is 208 g/mol. The molecule has 1 fully saturated rings. The first-order chi connectivity index (χ1) is 8.35. The van der Waals surface area contributed by atoms with Crippen molar-refractivity contribution in [3.05, 3.63) is 35.9 Å². The van der Waals surface area contributed by atoms with Crippen LogP contribution in [0.3, 0.4) is 0 Å². The van der Waals surface area contributed by atoms with Crippen molar-refractivity contribution in [2.24, 2.45) is 11.7 Å². The van der Waals surface area contributed by atoms with Gasteiger partial charge in [-0.15, -0.1) is 0 Å². The first kappa shape index (κ1) is 12.6. The fraction of sp³-hybridized carbons (Fsp3) is 0.600. The molecule has 0 radical (unpaired) electrons. The maximum atomic E-state index is 5.75. The van der Waals surface area contributed by atoms with Crippen LogP contribution in [-0.4, -0.2) is 24.0 Å². The molecule has 0 spiro atoms. The van der Waals surface area contributed by atoms with Crippen LogP contribution in [0, 0.1) is 5.92 Å². The predicted molar refractivity (Wildman–Crippen MR) is 72.7 cm³/mol. The van der Waals surface area contributed by atoms with E-state index >= 15 is 0 Å². The molecule has 2 N–H and O–H groups in total. The molecule has 2 heteroatoms. The summed E-state index contributed by atoms with van der Waals surface area (Å²) in [5.41, 5.74) is 7.16. The van der Waals surface area contributed by atoms with E-state index in [1.807, 2.05) is 0 Å². The van der Waals surface area contributed by atoms with Gasteiger partial charge in [-0.2, -0.15) is 0 Å². The van der Waals surface area contributed by atoms with Crippen molar-refractivity contribution in [3.63, 3.8) is 0 Å². The van der Waals surface area contributed by atoms with Gasteiger partial charge in [-0.25, -0.2) is 0 Å². The van der Waals surface area contributed by atoms with Crippen molar-refractivity contribution in [3.8, 4) is 0 Å². The smallest absolute Gasteiger partial charge is 0.0237 e. The summed E-state index contributed by atoms with van der Waals surface area (Å²) in [6, 6.07) is 11.5. The number of hydrogen-bond donors (Lipinski definition) is 1. The van der Waals surface area contributed by atoms with Crippen LogP contribution in [0.5, 0.6) is 0 Å². The lowest BCUT2D eigenvalue weighted by atomic mass is 10.1. The molecule has 2 nitrogen and oxygen atoms in total. The van der Waals surface area contributed by atoms with Crippen LogP contribution in [0.2, 0.25) is 0 Å². The highest BCUT2D eigenvalue weighted by molar-refractivity contribution is 5.14. The fourth-order valence-corrected chi connectivity index (χ4v) is 2.72. The van der Waals surface area contributed by atoms with Crippen molar-refractivity contribution in [1.29, 1.82) is 0 Å². The third-order valence-corrected chi connectivity index (χ3v) is 3.70. The summed E-state index contributed by atoms with van der Waals surface area (Å²) in [5.74, 6) is 0.926. The van der Waals surface area contributed by atoms with Gasteiger partial charge in [-0.3, -0.25) is 4.90 Å². The van der Waals surface area contributed by atoms with E-state index in [0.29, 0.717) is 0 Å². The number of nitrogens with two attached hydrogens (primary N) is 1. The van der Waals surface area contributed by atoms with Crippen LogP contribution in [0.25, 0.3) is 0 Å². The maximum Gasteiger partial charge on any atom is 0.0237 e. The summed E-state index contributed by atoms with van der Waals surface area (Å²) in [6.07, 6.45) is 4.07. The Morgan fingerprint density at radius 2 is 2.00 bits per heavy atom. The quantitative estimate of drug-likeness (QED) is 0.783. The van der Waals surface area contributed by atoms with Gasteiger partial charge < -0.3 is 5.73 Å². The summed E-state index contributed by atoms with van der Waals surface area (Å²) in [4.78, 5) is 2.58. The van der Waals surface area contributed by atoms with Crippen molar-refractivity contribution in [2.45, 2.75) is 38.8 Å². The van der Waals surface area contributed by atoms with Gasteiger partial charge in [0.2, 0.25) is 0 Å². The lowest BCUT2D eigenvalue weighted by Crippen LogP contribution is -2.39.